The Bertz CT molecular complexity index is 1020. The molecule has 10 heteroatoms. The Balaban J connectivity index is 2.31. The number of sulfonamides is 1. The Kier molecular flexibility index (Phi) is 7.14. The summed E-state index contributed by atoms with van der Waals surface area (Å²) >= 11 is 0. The summed E-state index contributed by atoms with van der Waals surface area (Å²) in [5.74, 6) is -0.267. The maximum atomic E-state index is 13.0. The number of carbonyl (C=O) groups is 1. The lowest BCUT2D eigenvalue weighted by molar-refractivity contribution is -0.137. The van der Waals surface area contributed by atoms with Crippen LogP contribution in [0, 0.1) is 0 Å². The molecule has 0 fully saturated rings. The van der Waals surface area contributed by atoms with E-state index in [4.69, 9.17) is 4.74 Å². The molecule has 0 bridgehead atoms. The van der Waals surface area contributed by atoms with Crippen LogP contribution in [0.25, 0.3) is 0 Å². The maximum Gasteiger partial charge on any atom is 0.416 e. The lowest BCUT2D eigenvalue weighted by Crippen LogP contribution is -2.45. The quantitative estimate of drug-likeness (QED) is 0.626. The average molecular weight is 442 g/mol. The van der Waals surface area contributed by atoms with Crippen LogP contribution in [0.4, 0.5) is 24.5 Å². The molecule has 1 atom stereocenters. The Morgan fingerprint density at radius 3 is 2.50 bits per heavy atom. The van der Waals surface area contributed by atoms with Crippen molar-refractivity contribution in [3.63, 3.8) is 0 Å². The fourth-order valence-electron chi connectivity index (χ4n) is 2.69. The van der Waals surface area contributed by atoms with Crippen molar-refractivity contribution in [1.29, 1.82) is 0 Å². The lowest BCUT2D eigenvalue weighted by atomic mass is 10.1. The van der Waals surface area contributed by atoms with E-state index in [0.717, 1.165) is 18.4 Å². The van der Waals surface area contributed by atoms with E-state index in [9.17, 15) is 26.4 Å². The fourth-order valence-corrected chi connectivity index (χ4v) is 3.86. The zero-order chi connectivity index (χ0) is 22.5. The van der Waals surface area contributed by atoms with Crippen LogP contribution in [0.1, 0.15) is 12.5 Å². The van der Waals surface area contributed by atoms with E-state index in [1.54, 1.807) is 24.3 Å². The number of carbonyl (C=O) groups excluding carboxylic acids is 1. The lowest BCUT2D eigenvalue weighted by Gasteiger charge is -2.28. The van der Waals surface area contributed by atoms with E-state index in [1.807, 2.05) is 0 Å². The van der Waals surface area contributed by atoms with Gasteiger partial charge in [-0.1, -0.05) is 24.8 Å². The van der Waals surface area contributed by atoms with Gasteiger partial charge < -0.3 is 10.1 Å². The summed E-state index contributed by atoms with van der Waals surface area (Å²) in [7, 11) is -4.07. The molecule has 0 aromatic heterocycles. The summed E-state index contributed by atoms with van der Waals surface area (Å²) in [6, 6.07) is 8.86. The minimum Gasteiger partial charge on any atom is -0.489 e. The largest absolute Gasteiger partial charge is 0.489 e. The molecule has 0 radical (unpaired) electrons. The van der Waals surface area contributed by atoms with Gasteiger partial charge in [0.1, 0.15) is 18.4 Å². The van der Waals surface area contributed by atoms with Gasteiger partial charge in [-0.3, -0.25) is 9.10 Å². The van der Waals surface area contributed by atoms with Crippen LogP contribution in [-0.4, -0.2) is 33.2 Å². The molecule has 2 rings (SSSR count). The summed E-state index contributed by atoms with van der Waals surface area (Å²) < 4.78 is 69.7. The molecular formula is C20H21F3N2O4S. The maximum absolute atomic E-state index is 13.0. The molecule has 0 saturated heterocycles. The molecule has 0 spiro atoms. The van der Waals surface area contributed by atoms with Crippen molar-refractivity contribution in [1.82, 2.24) is 0 Å². The molecule has 0 unspecified atom stereocenters. The van der Waals surface area contributed by atoms with Crippen molar-refractivity contribution in [2.75, 3.05) is 22.5 Å². The van der Waals surface area contributed by atoms with E-state index in [1.165, 1.54) is 19.1 Å². The molecule has 2 aromatic rings. The zero-order valence-electron chi connectivity index (χ0n) is 16.3. The predicted molar refractivity (Wildman–Crippen MR) is 109 cm³/mol. The normalized spacial score (nSPS) is 12.7. The van der Waals surface area contributed by atoms with Crippen molar-refractivity contribution in [3.05, 3.63) is 66.7 Å². The van der Waals surface area contributed by atoms with Crippen molar-refractivity contribution in [3.8, 4) is 5.75 Å². The first-order valence-corrected chi connectivity index (χ1v) is 10.6. The number of benzene rings is 2. The second kappa shape index (κ2) is 9.21. The van der Waals surface area contributed by atoms with Gasteiger partial charge >= 0.3 is 6.18 Å². The van der Waals surface area contributed by atoms with Crippen molar-refractivity contribution in [2.45, 2.75) is 19.1 Å². The Hall–Kier alpha value is -3.01. The highest BCUT2D eigenvalue weighted by molar-refractivity contribution is 7.92. The van der Waals surface area contributed by atoms with Crippen molar-refractivity contribution in [2.24, 2.45) is 0 Å². The van der Waals surface area contributed by atoms with Crippen LogP contribution in [0.3, 0.4) is 0 Å². The van der Waals surface area contributed by atoms with Crippen LogP contribution in [0.15, 0.2) is 61.2 Å². The van der Waals surface area contributed by atoms with Gasteiger partial charge in [-0.2, -0.15) is 13.2 Å². The molecule has 0 saturated carbocycles. The van der Waals surface area contributed by atoms with E-state index in [2.05, 4.69) is 11.9 Å². The second-order valence-electron chi connectivity index (χ2n) is 6.40. The smallest absolute Gasteiger partial charge is 0.416 e. The Morgan fingerprint density at radius 2 is 1.90 bits per heavy atom. The first kappa shape index (κ1) is 23.3. The highest BCUT2D eigenvalue weighted by atomic mass is 32.2. The van der Waals surface area contributed by atoms with Crippen LogP contribution in [0.5, 0.6) is 5.75 Å². The highest BCUT2D eigenvalue weighted by Crippen LogP contribution is 2.33. The number of hydrogen-bond donors (Lipinski definition) is 1. The number of halogens is 3. The number of hydrogen-bond acceptors (Lipinski definition) is 4. The standard InChI is InChI=1S/C20H21F3N2O4S/c1-4-11-29-18-10-6-8-16(13-18)24-19(26)14(2)25(30(3,27)28)17-9-5-7-15(12-17)20(21,22)23/h4-10,12-14H,1,11H2,2-3H3,(H,24,26)/t14-/m0/s1. The van der Waals surface area contributed by atoms with E-state index in [-0.39, 0.29) is 12.3 Å². The third-order valence-corrected chi connectivity index (χ3v) is 5.23. The van der Waals surface area contributed by atoms with Crippen LogP contribution >= 0.6 is 0 Å². The fraction of sp³-hybridized carbons (Fsp3) is 0.250. The van der Waals surface area contributed by atoms with E-state index in [0.29, 0.717) is 21.8 Å². The number of nitrogens with zero attached hydrogens (tertiary/aromatic N) is 1. The van der Waals surface area contributed by atoms with E-state index >= 15 is 0 Å². The number of nitrogens with one attached hydrogen (secondary N) is 1. The molecule has 0 aliphatic heterocycles. The number of alkyl halides is 3. The molecule has 0 aliphatic rings. The van der Waals surface area contributed by atoms with Gasteiger partial charge in [-0.05, 0) is 37.3 Å². The summed E-state index contributed by atoms with van der Waals surface area (Å²) in [5, 5.41) is 2.55. The molecular weight excluding hydrogens is 421 g/mol. The first-order valence-electron chi connectivity index (χ1n) is 8.75. The third-order valence-electron chi connectivity index (χ3n) is 3.99. The van der Waals surface area contributed by atoms with Gasteiger partial charge in [0.2, 0.25) is 15.9 Å². The van der Waals surface area contributed by atoms with Gasteiger partial charge in [0.25, 0.3) is 0 Å². The zero-order valence-corrected chi connectivity index (χ0v) is 17.1. The Morgan fingerprint density at radius 1 is 1.23 bits per heavy atom. The molecule has 30 heavy (non-hydrogen) atoms. The van der Waals surface area contributed by atoms with Crippen LogP contribution in [0.2, 0.25) is 0 Å². The molecule has 6 nitrogen and oxygen atoms in total. The van der Waals surface area contributed by atoms with Gasteiger partial charge in [-0.25, -0.2) is 8.42 Å². The molecule has 1 amide bonds. The number of anilines is 2. The molecule has 0 aliphatic carbocycles. The van der Waals surface area contributed by atoms with Gasteiger partial charge in [0.05, 0.1) is 17.5 Å². The van der Waals surface area contributed by atoms with Gasteiger partial charge in [-0.15, -0.1) is 0 Å². The highest BCUT2D eigenvalue weighted by Gasteiger charge is 2.34. The number of rotatable bonds is 8. The van der Waals surface area contributed by atoms with Crippen molar-refractivity contribution < 1.29 is 31.1 Å². The second-order valence-corrected chi connectivity index (χ2v) is 8.26. The van der Waals surface area contributed by atoms with E-state index < -0.39 is 33.7 Å². The summed E-state index contributed by atoms with van der Waals surface area (Å²) in [4.78, 5) is 12.7. The molecule has 0 heterocycles. The summed E-state index contributed by atoms with van der Waals surface area (Å²) in [5.41, 5.74) is -0.947. The minimum atomic E-state index is -4.66. The van der Waals surface area contributed by atoms with Gasteiger partial charge in [0, 0.05) is 11.8 Å². The third kappa shape index (κ3) is 5.99. The summed E-state index contributed by atoms with van der Waals surface area (Å²) in [6.07, 6.45) is -2.29. The summed E-state index contributed by atoms with van der Waals surface area (Å²) in [6.45, 7) is 5.08. The average Bonchev–Trinajstić information content (AvgIpc) is 2.65. The molecule has 2 aromatic carbocycles. The minimum absolute atomic E-state index is 0.255. The number of ether oxygens (including phenoxy) is 1. The topological polar surface area (TPSA) is 75.7 Å². The molecule has 162 valence electrons. The number of amides is 1. The van der Waals surface area contributed by atoms with Gasteiger partial charge in [0.15, 0.2) is 0 Å². The monoisotopic (exact) mass is 442 g/mol. The van der Waals surface area contributed by atoms with Crippen LogP contribution in [-0.2, 0) is 21.0 Å². The predicted octanol–water partition coefficient (Wildman–Crippen LogP) is 4.06. The Labute approximate surface area is 173 Å². The molecule has 1 N–H and O–H groups in total. The SMILES string of the molecule is C=CCOc1cccc(NC(=O)[C@H](C)N(c2cccc(C(F)(F)F)c2)S(C)(=O)=O)c1. The first-order chi connectivity index (χ1) is 13.9. The van der Waals surface area contributed by atoms with Crippen molar-refractivity contribution >= 4 is 27.3 Å². The van der Waals surface area contributed by atoms with Crippen LogP contribution < -0.4 is 14.4 Å².